The number of anilines is 2. The highest BCUT2D eigenvalue weighted by atomic mass is 16.4. The van der Waals surface area contributed by atoms with Gasteiger partial charge >= 0.3 is 5.97 Å². The van der Waals surface area contributed by atoms with Crippen LogP contribution in [0.4, 0.5) is 11.6 Å². The molecule has 1 saturated heterocycles. The Morgan fingerprint density at radius 3 is 2.66 bits per heavy atom. The van der Waals surface area contributed by atoms with E-state index in [1.165, 1.54) is 6.42 Å². The summed E-state index contributed by atoms with van der Waals surface area (Å²) in [7, 11) is 0. The highest BCUT2D eigenvalue weighted by Crippen LogP contribution is 2.46. The summed E-state index contributed by atoms with van der Waals surface area (Å²) in [5.41, 5.74) is 3.30. The highest BCUT2D eigenvalue weighted by Gasteiger charge is 2.46. The maximum absolute atomic E-state index is 13.5. The molecule has 7 nitrogen and oxygen atoms in total. The Balaban J connectivity index is 1.62. The molecule has 3 atom stereocenters. The summed E-state index contributed by atoms with van der Waals surface area (Å²) in [5, 5.41) is 13.5. The maximum Gasteiger partial charge on any atom is 0.337 e. The molecule has 166 valence electrons. The minimum Gasteiger partial charge on any atom is -0.478 e. The van der Waals surface area contributed by atoms with Crippen LogP contribution >= 0.6 is 0 Å². The monoisotopic (exact) mass is 432 g/mol. The molecule has 0 spiro atoms. The number of carbonyl (C=O) groups is 1. The number of fused-ring (bicyclic) bond motifs is 2. The molecule has 1 aliphatic heterocycles. The second-order valence-electron chi connectivity index (χ2n) is 9.09. The first kappa shape index (κ1) is 20.5. The van der Waals surface area contributed by atoms with E-state index in [1.807, 2.05) is 39.0 Å². The Labute approximate surface area is 186 Å². The van der Waals surface area contributed by atoms with Crippen molar-refractivity contribution in [2.75, 3.05) is 23.3 Å². The van der Waals surface area contributed by atoms with Crippen LogP contribution in [0.2, 0.25) is 0 Å². The number of hydrogen-bond acceptors (Lipinski definition) is 5. The number of nitrogens with zero attached hydrogens (tertiary/aromatic N) is 3. The molecule has 0 amide bonds. The number of aryl methyl sites for hydroxylation is 1. The number of para-hydroxylation sites is 1. The van der Waals surface area contributed by atoms with Gasteiger partial charge in [0.15, 0.2) is 0 Å². The quantitative estimate of drug-likeness (QED) is 0.611. The number of carboxylic acids is 1. The zero-order chi connectivity index (χ0) is 22.6. The van der Waals surface area contributed by atoms with Crippen LogP contribution in [-0.4, -0.2) is 33.7 Å². The van der Waals surface area contributed by atoms with E-state index in [0.29, 0.717) is 23.1 Å². The van der Waals surface area contributed by atoms with Crippen LogP contribution in [0.25, 0.3) is 10.9 Å². The van der Waals surface area contributed by atoms with Crippen molar-refractivity contribution < 1.29 is 9.90 Å². The number of rotatable bonds is 6. The first-order chi connectivity index (χ1) is 15.4. The van der Waals surface area contributed by atoms with Crippen LogP contribution in [0.15, 0.2) is 41.2 Å². The third-order valence-electron chi connectivity index (χ3n) is 6.79. The first-order valence-electron chi connectivity index (χ1n) is 11.3. The molecule has 1 aromatic heterocycles. The molecule has 1 saturated carbocycles. The largest absolute Gasteiger partial charge is 0.478 e. The molecule has 0 radical (unpaired) electrons. The summed E-state index contributed by atoms with van der Waals surface area (Å²) in [6, 6.07) is 10.6. The fourth-order valence-corrected chi connectivity index (χ4v) is 5.02. The Hall–Kier alpha value is -3.35. The maximum atomic E-state index is 13.5. The zero-order valence-electron chi connectivity index (χ0n) is 18.6. The molecule has 1 aliphatic carbocycles. The van der Waals surface area contributed by atoms with Gasteiger partial charge in [-0.05, 0) is 62.8 Å². The SMILES string of the molecule is CCn1c(N2CC3CC3C2)nc2c(C(C)Nc3ccccc3C(=O)O)cc(C)cc2c1=O. The third kappa shape index (κ3) is 3.42. The van der Waals surface area contributed by atoms with Gasteiger partial charge in [-0.2, -0.15) is 0 Å². The molecule has 2 aromatic carbocycles. The van der Waals surface area contributed by atoms with Gasteiger partial charge < -0.3 is 15.3 Å². The van der Waals surface area contributed by atoms with E-state index in [0.717, 1.165) is 42.0 Å². The van der Waals surface area contributed by atoms with E-state index in [4.69, 9.17) is 4.98 Å². The molecule has 2 heterocycles. The van der Waals surface area contributed by atoms with E-state index in [-0.39, 0.29) is 17.2 Å². The van der Waals surface area contributed by atoms with Gasteiger partial charge in [0.05, 0.1) is 22.5 Å². The molecule has 32 heavy (non-hydrogen) atoms. The summed E-state index contributed by atoms with van der Waals surface area (Å²) in [5.74, 6) is 1.24. The van der Waals surface area contributed by atoms with Crippen LogP contribution in [0.1, 0.15) is 47.8 Å². The molecule has 0 bridgehead atoms. The van der Waals surface area contributed by atoms with Crippen molar-refractivity contribution in [3.8, 4) is 0 Å². The number of hydrogen-bond donors (Lipinski definition) is 2. The van der Waals surface area contributed by atoms with Crippen molar-refractivity contribution in [2.45, 2.75) is 39.8 Å². The zero-order valence-corrected chi connectivity index (χ0v) is 18.6. The second-order valence-corrected chi connectivity index (χ2v) is 9.09. The molecule has 2 N–H and O–H groups in total. The predicted octanol–water partition coefficient (Wildman–Crippen LogP) is 4.05. The van der Waals surface area contributed by atoms with Gasteiger partial charge in [-0.25, -0.2) is 9.78 Å². The van der Waals surface area contributed by atoms with Gasteiger partial charge in [0.1, 0.15) is 0 Å². The minimum atomic E-state index is -0.978. The lowest BCUT2D eigenvalue weighted by molar-refractivity contribution is 0.0698. The Bertz CT molecular complexity index is 1270. The lowest BCUT2D eigenvalue weighted by Gasteiger charge is -2.25. The van der Waals surface area contributed by atoms with E-state index in [2.05, 4.69) is 10.2 Å². The summed E-state index contributed by atoms with van der Waals surface area (Å²) in [6.07, 6.45) is 1.29. The van der Waals surface area contributed by atoms with Crippen molar-refractivity contribution in [1.82, 2.24) is 9.55 Å². The minimum absolute atomic E-state index is 0.0174. The Kier molecular flexibility index (Phi) is 4.92. The van der Waals surface area contributed by atoms with Crippen LogP contribution < -0.4 is 15.8 Å². The number of nitrogens with one attached hydrogen (secondary N) is 1. The van der Waals surface area contributed by atoms with Crippen molar-refractivity contribution in [2.24, 2.45) is 11.8 Å². The first-order valence-corrected chi connectivity index (χ1v) is 11.3. The fraction of sp³-hybridized carbons (Fsp3) is 0.400. The van der Waals surface area contributed by atoms with Gasteiger partial charge in [-0.3, -0.25) is 9.36 Å². The van der Waals surface area contributed by atoms with Crippen LogP contribution in [0, 0.1) is 18.8 Å². The van der Waals surface area contributed by atoms with Crippen LogP contribution in [0.3, 0.4) is 0 Å². The molecular weight excluding hydrogens is 404 g/mol. The fourth-order valence-electron chi connectivity index (χ4n) is 5.02. The normalized spacial score (nSPS) is 20.3. The smallest absolute Gasteiger partial charge is 0.337 e. The standard InChI is InChI=1S/C25H28N4O3/c1-4-29-23(30)20-10-14(2)9-19(15(3)26-21-8-6-5-7-18(21)24(31)32)22(20)27-25(29)28-12-16-11-17(16)13-28/h5-10,15-17,26H,4,11-13H2,1-3H3,(H,31,32). The summed E-state index contributed by atoms with van der Waals surface area (Å²) in [6.45, 7) is 8.43. The van der Waals surface area contributed by atoms with Gasteiger partial charge in [0, 0.05) is 30.9 Å². The molecule has 3 aromatic rings. The average Bonchev–Trinajstić information content (AvgIpc) is 3.38. The second kappa shape index (κ2) is 7.65. The van der Waals surface area contributed by atoms with E-state index >= 15 is 0 Å². The summed E-state index contributed by atoms with van der Waals surface area (Å²) < 4.78 is 1.79. The van der Waals surface area contributed by atoms with Crippen molar-refractivity contribution in [3.05, 3.63) is 63.4 Å². The molecule has 7 heteroatoms. The molecule has 3 unspecified atom stereocenters. The van der Waals surface area contributed by atoms with Gasteiger partial charge in [-0.15, -0.1) is 0 Å². The molecular formula is C25H28N4O3. The van der Waals surface area contributed by atoms with Gasteiger partial charge in [0.2, 0.25) is 5.95 Å². The number of benzene rings is 2. The lowest BCUT2D eigenvalue weighted by Crippen LogP contribution is -2.32. The topological polar surface area (TPSA) is 87.5 Å². The number of piperidine rings is 1. The van der Waals surface area contributed by atoms with Crippen molar-refractivity contribution in [1.29, 1.82) is 0 Å². The number of aromatic carboxylic acids is 1. The summed E-state index contributed by atoms with van der Waals surface area (Å²) >= 11 is 0. The molecule has 2 aliphatic rings. The van der Waals surface area contributed by atoms with Crippen molar-refractivity contribution >= 4 is 28.5 Å². The Morgan fingerprint density at radius 2 is 1.97 bits per heavy atom. The average molecular weight is 433 g/mol. The number of carboxylic acid groups (broad SMARTS) is 1. The van der Waals surface area contributed by atoms with E-state index in [9.17, 15) is 14.7 Å². The van der Waals surface area contributed by atoms with Crippen LogP contribution in [-0.2, 0) is 6.54 Å². The molecule has 5 rings (SSSR count). The van der Waals surface area contributed by atoms with E-state index in [1.54, 1.807) is 22.8 Å². The van der Waals surface area contributed by atoms with Crippen LogP contribution in [0.5, 0.6) is 0 Å². The highest BCUT2D eigenvalue weighted by molar-refractivity contribution is 5.94. The third-order valence-corrected chi connectivity index (χ3v) is 6.79. The number of aromatic nitrogens is 2. The lowest BCUT2D eigenvalue weighted by atomic mass is 10.0. The van der Waals surface area contributed by atoms with E-state index < -0.39 is 5.97 Å². The van der Waals surface area contributed by atoms with Crippen molar-refractivity contribution in [3.63, 3.8) is 0 Å². The molecule has 2 fully saturated rings. The Morgan fingerprint density at radius 1 is 1.25 bits per heavy atom. The summed E-state index contributed by atoms with van der Waals surface area (Å²) in [4.78, 5) is 32.4. The van der Waals surface area contributed by atoms with Gasteiger partial charge in [0.25, 0.3) is 5.56 Å². The van der Waals surface area contributed by atoms with Gasteiger partial charge in [-0.1, -0.05) is 18.2 Å². The predicted molar refractivity (Wildman–Crippen MR) is 126 cm³/mol.